The summed E-state index contributed by atoms with van der Waals surface area (Å²) in [6, 6.07) is 7.43. The van der Waals surface area contributed by atoms with Gasteiger partial charge in [0.25, 0.3) is 0 Å². The Hall–Kier alpha value is -1.22. The maximum atomic E-state index is 10.8. The topological polar surface area (TPSA) is 40.5 Å². The average molecular weight is 242 g/mol. The zero-order valence-electron chi connectivity index (χ0n) is 9.48. The molecule has 0 aliphatic rings. The van der Waals surface area contributed by atoms with Crippen LogP contribution >= 0.6 is 11.6 Å². The van der Waals surface area contributed by atoms with E-state index in [1.54, 1.807) is 12.1 Å². The molecule has 3 nitrogen and oxygen atoms in total. The van der Waals surface area contributed by atoms with Gasteiger partial charge >= 0.3 is 5.97 Å². The van der Waals surface area contributed by atoms with E-state index in [0.29, 0.717) is 5.02 Å². The van der Waals surface area contributed by atoms with E-state index in [0.717, 1.165) is 12.1 Å². The number of anilines is 1. The summed E-state index contributed by atoms with van der Waals surface area (Å²) in [5.74, 6) is -0.824. The molecule has 4 heteroatoms. The number of carboxylic acids is 1. The van der Waals surface area contributed by atoms with Gasteiger partial charge in [0.1, 0.15) is 6.54 Å². The molecule has 1 aromatic rings. The van der Waals surface area contributed by atoms with Crippen molar-refractivity contribution in [1.82, 2.24) is 0 Å². The maximum Gasteiger partial charge on any atom is 0.323 e. The summed E-state index contributed by atoms with van der Waals surface area (Å²) in [6.07, 6.45) is 0.899. The highest BCUT2D eigenvalue weighted by Crippen LogP contribution is 2.20. The van der Waals surface area contributed by atoms with E-state index in [1.807, 2.05) is 30.9 Å². The van der Waals surface area contributed by atoms with Crippen LogP contribution in [0, 0.1) is 0 Å². The van der Waals surface area contributed by atoms with Gasteiger partial charge in [-0.15, -0.1) is 0 Å². The van der Waals surface area contributed by atoms with E-state index in [4.69, 9.17) is 16.7 Å². The molecular weight excluding hydrogens is 226 g/mol. The molecule has 1 N–H and O–H groups in total. The zero-order chi connectivity index (χ0) is 12.1. The van der Waals surface area contributed by atoms with E-state index < -0.39 is 5.97 Å². The minimum Gasteiger partial charge on any atom is -0.480 e. The number of aliphatic carboxylic acids is 1. The van der Waals surface area contributed by atoms with Crippen molar-refractivity contribution in [1.29, 1.82) is 0 Å². The molecule has 1 rings (SSSR count). The predicted octanol–water partition coefficient (Wildman–Crippen LogP) is 3.03. The van der Waals surface area contributed by atoms with E-state index in [-0.39, 0.29) is 12.6 Å². The first-order valence-electron chi connectivity index (χ1n) is 5.28. The Morgan fingerprint density at radius 3 is 2.44 bits per heavy atom. The van der Waals surface area contributed by atoms with Crippen LogP contribution in [0.3, 0.4) is 0 Å². The number of hydrogen-bond acceptors (Lipinski definition) is 2. The molecule has 0 spiro atoms. The smallest absolute Gasteiger partial charge is 0.323 e. The lowest BCUT2D eigenvalue weighted by molar-refractivity contribution is -0.135. The largest absolute Gasteiger partial charge is 0.480 e. The molecule has 0 aliphatic heterocycles. The monoisotopic (exact) mass is 241 g/mol. The lowest BCUT2D eigenvalue weighted by Gasteiger charge is -2.29. The van der Waals surface area contributed by atoms with Gasteiger partial charge in [-0.1, -0.05) is 18.5 Å². The molecular formula is C12H16ClNO2. The Balaban J connectivity index is 2.91. The van der Waals surface area contributed by atoms with Gasteiger partial charge in [0.2, 0.25) is 0 Å². The number of nitrogens with zero attached hydrogens (tertiary/aromatic N) is 1. The van der Waals surface area contributed by atoms with Gasteiger partial charge in [-0.25, -0.2) is 0 Å². The van der Waals surface area contributed by atoms with Crippen molar-refractivity contribution in [2.75, 3.05) is 11.4 Å². The summed E-state index contributed by atoms with van der Waals surface area (Å²) >= 11 is 5.80. The van der Waals surface area contributed by atoms with Crippen LogP contribution in [0.1, 0.15) is 20.3 Å². The van der Waals surface area contributed by atoms with Gasteiger partial charge in [0.15, 0.2) is 0 Å². The fourth-order valence-electron chi connectivity index (χ4n) is 1.50. The Kier molecular flexibility index (Phi) is 4.62. The molecule has 0 saturated carbocycles. The standard InChI is InChI=1S/C12H16ClNO2/c1-3-9(2)14(8-12(15)16)11-6-4-10(13)5-7-11/h4-7,9H,3,8H2,1-2H3,(H,15,16). The number of rotatable bonds is 5. The molecule has 16 heavy (non-hydrogen) atoms. The first-order chi connectivity index (χ1) is 7.54. The van der Waals surface area contributed by atoms with Crippen LogP contribution in [-0.2, 0) is 4.79 Å². The van der Waals surface area contributed by atoms with Crippen molar-refractivity contribution in [3.63, 3.8) is 0 Å². The highest BCUT2D eigenvalue weighted by atomic mass is 35.5. The third kappa shape index (κ3) is 3.42. The molecule has 0 heterocycles. The second-order valence-corrected chi connectivity index (χ2v) is 4.19. The first kappa shape index (κ1) is 12.8. The SMILES string of the molecule is CCC(C)N(CC(=O)O)c1ccc(Cl)cc1. The Morgan fingerprint density at radius 1 is 1.44 bits per heavy atom. The molecule has 0 aliphatic carbocycles. The Morgan fingerprint density at radius 2 is 2.00 bits per heavy atom. The number of halogens is 1. The van der Waals surface area contributed by atoms with Crippen molar-refractivity contribution in [2.24, 2.45) is 0 Å². The van der Waals surface area contributed by atoms with E-state index in [2.05, 4.69) is 0 Å². The lowest BCUT2D eigenvalue weighted by Crippen LogP contribution is -2.37. The van der Waals surface area contributed by atoms with Crippen LogP contribution in [0.5, 0.6) is 0 Å². The van der Waals surface area contributed by atoms with Crippen LogP contribution < -0.4 is 4.90 Å². The predicted molar refractivity (Wildman–Crippen MR) is 66.2 cm³/mol. The molecule has 1 unspecified atom stereocenters. The molecule has 1 aromatic carbocycles. The van der Waals surface area contributed by atoms with Crippen LogP contribution in [0.25, 0.3) is 0 Å². The quantitative estimate of drug-likeness (QED) is 0.862. The van der Waals surface area contributed by atoms with Crippen LogP contribution in [0.2, 0.25) is 5.02 Å². The second-order valence-electron chi connectivity index (χ2n) is 3.76. The fraction of sp³-hybridized carbons (Fsp3) is 0.417. The van der Waals surface area contributed by atoms with E-state index in [9.17, 15) is 4.79 Å². The highest BCUT2D eigenvalue weighted by Gasteiger charge is 2.15. The summed E-state index contributed by atoms with van der Waals surface area (Å²) < 4.78 is 0. The number of hydrogen-bond donors (Lipinski definition) is 1. The summed E-state index contributed by atoms with van der Waals surface area (Å²) in [5.41, 5.74) is 0.890. The molecule has 0 saturated heterocycles. The normalized spacial score (nSPS) is 12.2. The molecule has 0 amide bonds. The molecule has 0 radical (unpaired) electrons. The summed E-state index contributed by atoms with van der Waals surface area (Å²) in [6.45, 7) is 4.06. The average Bonchev–Trinajstić information content (AvgIpc) is 2.26. The van der Waals surface area contributed by atoms with Gasteiger partial charge < -0.3 is 10.0 Å². The fourth-order valence-corrected chi connectivity index (χ4v) is 1.63. The third-order valence-corrected chi connectivity index (χ3v) is 2.84. The van der Waals surface area contributed by atoms with Gasteiger partial charge in [0, 0.05) is 16.8 Å². The van der Waals surface area contributed by atoms with Crippen molar-refractivity contribution < 1.29 is 9.90 Å². The van der Waals surface area contributed by atoms with Crippen molar-refractivity contribution in [3.05, 3.63) is 29.3 Å². The number of benzene rings is 1. The van der Waals surface area contributed by atoms with Crippen LogP contribution in [-0.4, -0.2) is 23.7 Å². The van der Waals surface area contributed by atoms with Crippen LogP contribution in [0.4, 0.5) is 5.69 Å². The van der Waals surface area contributed by atoms with Crippen molar-refractivity contribution in [2.45, 2.75) is 26.3 Å². The van der Waals surface area contributed by atoms with Crippen molar-refractivity contribution in [3.8, 4) is 0 Å². The van der Waals surface area contributed by atoms with Gasteiger partial charge in [-0.2, -0.15) is 0 Å². The van der Waals surface area contributed by atoms with Gasteiger partial charge in [-0.05, 0) is 37.6 Å². The second kappa shape index (κ2) is 5.75. The van der Waals surface area contributed by atoms with E-state index in [1.165, 1.54) is 0 Å². The minimum atomic E-state index is -0.824. The molecule has 0 aromatic heterocycles. The highest BCUT2D eigenvalue weighted by molar-refractivity contribution is 6.30. The third-order valence-electron chi connectivity index (χ3n) is 2.59. The minimum absolute atomic E-state index is 0.0106. The molecule has 0 bridgehead atoms. The zero-order valence-corrected chi connectivity index (χ0v) is 10.2. The Labute approximate surface area is 101 Å². The summed E-state index contributed by atoms with van der Waals surface area (Å²) in [7, 11) is 0. The molecule has 0 fully saturated rings. The maximum absolute atomic E-state index is 10.8. The first-order valence-corrected chi connectivity index (χ1v) is 5.66. The lowest BCUT2D eigenvalue weighted by atomic mass is 10.2. The molecule has 1 atom stereocenters. The van der Waals surface area contributed by atoms with Gasteiger partial charge in [-0.3, -0.25) is 4.79 Å². The Bertz CT molecular complexity index is 351. The summed E-state index contributed by atoms with van der Waals surface area (Å²) in [4.78, 5) is 12.7. The van der Waals surface area contributed by atoms with E-state index >= 15 is 0 Å². The number of carbonyl (C=O) groups is 1. The van der Waals surface area contributed by atoms with Gasteiger partial charge in [0.05, 0.1) is 0 Å². The number of carboxylic acid groups (broad SMARTS) is 1. The summed E-state index contributed by atoms with van der Waals surface area (Å²) in [5, 5.41) is 9.53. The molecule has 88 valence electrons. The van der Waals surface area contributed by atoms with Crippen LogP contribution in [0.15, 0.2) is 24.3 Å². The van der Waals surface area contributed by atoms with Crippen molar-refractivity contribution >= 4 is 23.3 Å².